The molecule has 0 spiro atoms. The fourth-order valence-corrected chi connectivity index (χ4v) is 4.87. The lowest BCUT2D eigenvalue weighted by atomic mass is 9.93. The minimum absolute atomic E-state index is 0.0582. The topological polar surface area (TPSA) is 131 Å². The van der Waals surface area contributed by atoms with E-state index in [-0.39, 0.29) is 18.2 Å². The molecule has 0 bridgehead atoms. The Bertz CT molecular complexity index is 1430. The molecule has 2 heterocycles. The molecule has 1 saturated carbocycles. The molecule has 0 saturated heterocycles. The van der Waals surface area contributed by atoms with Gasteiger partial charge in [-0.2, -0.15) is 0 Å². The van der Waals surface area contributed by atoms with Crippen molar-refractivity contribution in [3.63, 3.8) is 0 Å². The van der Waals surface area contributed by atoms with E-state index in [9.17, 15) is 14.4 Å². The summed E-state index contributed by atoms with van der Waals surface area (Å²) in [5, 5.41) is 10.9. The molecule has 1 fully saturated rings. The van der Waals surface area contributed by atoms with E-state index in [0.29, 0.717) is 30.3 Å². The van der Waals surface area contributed by atoms with Crippen molar-refractivity contribution in [1.29, 1.82) is 0 Å². The van der Waals surface area contributed by atoms with Crippen molar-refractivity contribution < 1.29 is 18.8 Å². The van der Waals surface area contributed by atoms with Crippen LogP contribution in [0.3, 0.4) is 0 Å². The third kappa shape index (κ3) is 4.93. The van der Waals surface area contributed by atoms with Gasteiger partial charge in [-0.3, -0.25) is 14.4 Å². The van der Waals surface area contributed by atoms with Gasteiger partial charge < -0.3 is 20.4 Å². The summed E-state index contributed by atoms with van der Waals surface area (Å²) in [6.45, 7) is 1.93. The van der Waals surface area contributed by atoms with Crippen molar-refractivity contribution >= 4 is 29.3 Å². The molecule has 0 radical (unpaired) electrons. The first-order chi connectivity index (χ1) is 17.8. The molecule has 3 aromatic rings. The van der Waals surface area contributed by atoms with E-state index in [1.54, 1.807) is 24.0 Å². The van der Waals surface area contributed by atoms with Crippen LogP contribution in [0.25, 0.3) is 0 Å². The number of nitrogens with two attached hydrogens (primary N) is 1. The number of amides is 3. The molecule has 188 valence electrons. The van der Waals surface area contributed by atoms with Gasteiger partial charge in [0.25, 0.3) is 5.89 Å². The Labute approximate surface area is 218 Å². The van der Waals surface area contributed by atoms with E-state index in [0.717, 1.165) is 16.7 Å². The Balaban J connectivity index is 1.43. The molecule has 37 heavy (non-hydrogen) atoms. The van der Waals surface area contributed by atoms with Crippen LogP contribution in [0.5, 0.6) is 0 Å². The summed E-state index contributed by atoms with van der Waals surface area (Å²) < 4.78 is 5.25. The van der Waals surface area contributed by atoms with Gasteiger partial charge in [-0.1, -0.05) is 59.0 Å². The van der Waals surface area contributed by atoms with Crippen molar-refractivity contribution in [2.75, 3.05) is 0 Å². The molecular formula is C27H24ClN5O4. The third-order valence-electron chi connectivity index (χ3n) is 6.67. The number of benzene rings is 2. The molecule has 10 heteroatoms. The number of hydrogen-bond donors (Lipinski definition) is 2. The molecule has 2 aromatic carbocycles. The standard InChI is InChI=1S/C27H24ClN5O4/c1-16-31-32-23(37-16)11-10-20(14-22(29)34)30-25(35)24-21-5-3-2-4-17(21)15-33(24)26(36)27(12-13-27)18-6-8-19(28)9-7-18/h2-9,20,24H,12-15H2,1H3,(H2,29,34)(H,30,35)/t20-,24+/m1/s1. The smallest absolute Gasteiger partial charge is 0.293 e. The number of fused-ring (bicyclic) bond motifs is 1. The summed E-state index contributed by atoms with van der Waals surface area (Å²) in [4.78, 5) is 40.9. The summed E-state index contributed by atoms with van der Waals surface area (Å²) >= 11 is 6.06. The van der Waals surface area contributed by atoms with Crippen LogP contribution in [-0.2, 0) is 26.3 Å². The minimum atomic E-state index is -0.909. The van der Waals surface area contributed by atoms with Gasteiger partial charge >= 0.3 is 0 Å². The average molecular weight is 518 g/mol. The maximum atomic E-state index is 14.0. The maximum absolute atomic E-state index is 14.0. The van der Waals surface area contributed by atoms with Crippen LogP contribution in [0.2, 0.25) is 5.02 Å². The highest BCUT2D eigenvalue weighted by Gasteiger charge is 2.55. The summed E-state index contributed by atoms with van der Waals surface area (Å²) in [7, 11) is 0. The molecule has 3 amide bonds. The summed E-state index contributed by atoms with van der Waals surface area (Å²) in [6, 6.07) is 12.9. The van der Waals surface area contributed by atoms with E-state index in [2.05, 4.69) is 27.4 Å². The normalized spacial score (nSPS) is 17.8. The Hall–Kier alpha value is -4.16. The molecule has 9 nitrogen and oxygen atoms in total. The number of halogens is 1. The van der Waals surface area contributed by atoms with Gasteiger partial charge in [-0.25, -0.2) is 0 Å². The van der Waals surface area contributed by atoms with Gasteiger partial charge in [-0.05, 0) is 47.6 Å². The number of aromatic nitrogens is 2. The van der Waals surface area contributed by atoms with Crippen molar-refractivity contribution in [3.8, 4) is 11.8 Å². The van der Waals surface area contributed by atoms with Crippen LogP contribution in [0, 0.1) is 18.8 Å². The molecule has 0 unspecified atom stereocenters. The van der Waals surface area contributed by atoms with Crippen LogP contribution in [0.1, 0.15) is 53.8 Å². The zero-order valence-corrected chi connectivity index (χ0v) is 20.8. The Kier molecular flexibility index (Phi) is 6.44. The highest BCUT2D eigenvalue weighted by molar-refractivity contribution is 6.30. The quantitative estimate of drug-likeness (QED) is 0.483. The van der Waals surface area contributed by atoms with Crippen LogP contribution in [0.15, 0.2) is 52.9 Å². The largest absolute Gasteiger partial charge is 0.415 e. The van der Waals surface area contributed by atoms with Gasteiger partial charge in [0, 0.05) is 18.5 Å². The lowest BCUT2D eigenvalue weighted by Gasteiger charge is -2.29. The maximum Gasteiger partial charge on any atom is 0.293 e. The first-order valence-electron chi connectivity index (χ1n) is 11.8. The lowest BCUT2D eigenvalue weighted by molar-refractivity contribution is -0.142. The second kappa shape index (κ2) is 9.71. The summed E-state index contributed by atoms with van der Waals surface area (Å²) in [5.74, 6) is 4.65. The first kappa shape index (κ1) is 24.5. The minimum Gasteiger partial charge on any atom is -0.415 e. The van der Waals surface area contributed by atoms with Gasteiger partial charge in [0.15, 0.2) is 0 Å². The second-order valence-corrected chi connectivity index (χ2v) is 9.69. The van der Waals surface area contributed by atoms with Gasteiger partial charge in [0.1, 0.15) is 6.04 Å². The summed E-state index contributed by atoms with van der Waals surface area (Å²) in [6.07, 6.45) is 1.16. The van der Waals surface area contributed by atoms with E-state index in [4.69, 9.17) is 21.8 Å². The predicted octanol–water partition coefficient (Wildman–Crippen LogP) is 2.56. The van der Waals surface area contributed by atoms with Crippen molar-refractivity contribution in [2.45, 2.75) is 50.2 Å². The van der Waals surface area contributed by atoms with E-state index < -0.39 is 29.3 Å². The number of rotatable bonds is 6. The Morgan fingerprint density at radius 2 is 1.92 bits per heavy atom. The van der Waals surface area contributed by atoms with Gasteiger partial charge in [0.05, 0.1) is 17.9 Å². The third-order valence-corrected chi connectivity index (χ3v) is 6.92. The first-order valence-corrected chi connectivity index (χ1v) is 12.2. The number of primary amides is 1. The zero-order chi connectivity index (χ0) is 26.2. The van der Waals surface area contributed by atoms with Crippen LogP contribution < -0.4 is 11.1 Å². The van der Waals surface area contributed by atoms with Crippen molar-refractivity contribution in [2.24, 2.45) is 5.73 Å². The number of nitrogens with zero attached hydrogens (tertiary/aromatic N) is 3. The molecule has 1 aliphatic heterocycles. The molecule has 5 rings (SSSR count). The Morgan fingerprint density at radius 1 is 1.19 bits per heavy atom. The molecule has 1 aliphatic carbocycles. The monoisotopic (exact) mass is 517 g/mol. The van der Waals surface area contributed by atoms with Crippen LogP contribution >= 0.6 is 11.6 Å². The van der Waals surface area contributed by atoms with Crippen molar-refractivity contribution in [3.05, 3.63) is 82.0 Å². The van der Waals surface area contributed by atoms with E-state index in [1.165, 1.54) is 0 Å². The lowest BCUT2D eigenvalue weighted by Crippen LogP contribution is -2.47. The SMILES string of the molecule is Cc1nnc(C#C[C@H](CC(N)=O)NC(=O)[C@@H]2c3ccccc3CN2C(=O)C2(c3ccc(Cl)cc3)CC2)o1. The van der Waals surface area contributed by atoms with Gasteiger partial charge in [0.2, 0.25) is 23.6 Å². The molecule has 1 aromatic heterocycles. The number of carbonyl (C=O) groups excluding carboxylic acids is 3. The fourth-order valence-electron chi connectivity index (χ4n) is 4.74. The zero-order valence-electron chi connectivity index (χ0n) is 20.0. The van der Waals surface area contributed by atoms with Crippen LogP contribution in [-0.4, -0.2) is 38.9 Å². The highest BCUT2D eigenvalue weighted by Crippen LogP contribution is 2.52. The molecule has 2 atom stereocenters. The highest BCUT2D eigenvalue weighted by atomic mass is 35.5. The number of carbonyl (C=O) groups is 3. The molecule has 2 aliphatic rings. The summed E-state index contributed by atoms with van der Waals surface area (Å²) in [5.41, 5.74) is 7.22. The second-order valence-electron chi connectivity index (χ2n) is 9.25. The molecule has 3 N–H and O–H groups in total. The van der Waals surface area contributed by atoms with Gasteiger partial charge in [-0.15, -0.1) is 5.10 Å². The number of hydrogen-bond acceptors (Lipinski definition) is 6. The van der Waals surface area contributed by atoms with E-state index in [1.807, 2.05) is 36.4 Å². The fraction of sp³-hybridized carbons (Fsp3) is 0.296. The average Bonchev–Trinajstić information content (AvgIpc) is 3.42. The number of nitrogens with one attached hydrogen (secondary N) is 1. The predicted molar refractivity (Wildman–Crippen MR) is 134 cm³/mol. The molecular weight excluding hydrogens is 494 g/mol. The van der Waals surface area contributed by atoms with Crippen molar-refractivity contribution in [1.82, 2.24) is 20.4 Å². The Morgan fingerprint density at radius 3 is 2.57 bits per heavy atom. The van der Waals surface area contributed by atoms with Crippen LogP contribution in [0.4, 0.5) is 0 Å². The van der Waals surface area contributed by atoms with E-state index >= 15 is 0 Å². The number of aryl methyl sites for hydroxylation is 1.